The summed E-state index contributed by atoms with van der Waals surface area (Å²) in [6.07, 6.45) is 3.13. The van der Waals surface area contributed by atoms with Crippen LogP contribution in [0.1, 0.15) is 35.6 Å². The number of rotatable bonds is 7. The van der Waals surface area contributed by atoms with Gasteiger partial charge in [0.2, 0.25) is 0 Å². The van der Waals surface area contributed by atoms with Gasteiger partial charge < -0.3 is 14.7 Å². The quantitative estimate of drug-likeness (QED) is 0.252. The van der Waals surface area contributed by atoms with Gasteiger partial charge >= 0.3 is 5.97 Å². The molecule has 5 aromatic rings. The number of carboxylic acids is 1. The van der Waals surface area contributed by atoms with E-state index in [2.05, 4.69) is 51.7 Å². The maximum Gasteiger partial charge on any atom is 0.338 e. The number of piperazine rings is 1. The van der Waals surface area contributed by atoms with Crippen molar-refractivity contribution >= 4 is 55.8 Å². The SMILES string of the molecule is Cc1nc2cnc(N3CCN(C)C(C)(C)C3)c(C#N)c2c(=O)n1CCOc1ccc(Cl)cc1-c1ccnc2c(C(=O)O)csc12. The Kier molecular flexibility index (Phi) is 7.95. The number of aromatic nitrogens is 4. The minimum absolute atomic E-state index is 0.119. The lowest BCUT2D eigenvalue weighted by molar-refractivity contribution is 0.0699. The van der Waals surface area contributed by atoms with E-state index in [9.17, 15) is 20.0 Å². The number of likely N-dealkylation sites (N-methyl/N-ethyl adjacent to an activating group) is 1. The molecule has 0 spiro atoms. The second-order valence-electron chi connectivity index (χ2n) is 11.6. The van der Waals surface area contributed by atoms with Gasteiger partial charge in [-0.25, -0.2) is 14.8 Å². The van der Waals surface area contributed by atoms with Crippen molar-refractivity contribution in [3.05, 3.63) is 74.4 Å². The molecule has 1 aliphatic heterocycles. The molecule has 1 saturated heterocycles. The number of thiophene rings is 1. The first-order valence-electron chi connectivity index (χ1n) is 14.3. The van der Waals surface area contributed by atoms with Crippen LogP contribution in [-0.2, 0) is 6.54 Å². The third-order valence-electron chi connectivity index (χ3n) is 8.39. The van der Waals surface area contributed by atoms with E-state index in [1.54, 1.807) is 49.0 Å². The predicted molar refractivity (Wildman–Crippen MR) is 175 cm³/mol. The van der Waals surface area contributed by atoms with Crippen molar-refractivity contribution < 1.29 is 14.6 Å². The van der Waals surface area contributed by atoms with Crippen molar-refractivity contribution in [1.29, 1.82) is 5.26 Å². The molecule has 0 aliphatic carbocycles. The molecule has 230 valence electrons. The molecule has 6 rings (SSSR count). The number of carboxylic acid groups (broad SMARTS) is 1. The average Bonchev–Trinajstić information content (AvgIpc) is 3.45. The Morgan fingerprint density at radius 3 is 2.76 bits per heavy atom. The Bertz CT molecular complexity index is 2080. The van der Waals surface area contributed by atoms with Crippen LogP contribution in [0.4, 0.5) is 5.82 Å². The summed E-state index contributed by atoms with van der Waals surface area (Å²) in [6.45, 7) is 8.46. The molecule has 5 heterocycles. The molecule has 11 nitrogen and oxygen atoms in total. The summed E-state index contributed by atoms with van der Waals surface area (Å²) in [4.78, 5) is 43.4. The fourth-order valence-electron chi connectivity index (χ4n) is 5.72. The number of fused-ring (bicyclic) bond motifs is 2. The molecular formula is C32H30ClN7O4S. The van der Waals surface area contributed by atoms with Crippen LogP contribution >= 0.6 is 22.9 Å². The van der Waals surface area contributed by atoms with Crippen molar-refractivity contribution in [1.82, 2.24) is 24.4 Å². The number of pyridine rings is 2. The van der Waals surface area contributed by atoms with Crippen LogP contribution in [0.3, 0.4) is 0 Å². The van der Waals surface area contributed by atoms with Crippen LogP contribution in [0.25, 0.3) is 32.2 Å². The van der Waals surface area contributed by atoms with Gasteiger partial charge in [0.25, 0.3) is 5.56 Å². The van der Waals surface area contributed by atoms with Crippen molar-refractivity contribution in [2.24, 2.45) is 0 Å². The molecule has 0 atom stereocenters. The maximum absolute atomic E-state index is 13.9. The van der Waals surface area contributed by atoms with Crippen molar-refractivity contribution in [3.63, 3.8) is 0 Å². The number of hydrogen-bond acceptors (Lipinski definition) is 10. The molecule has 0 bridgehead atoms. The first kappa shape index (κ1) is 30.5. The van der Waals surface area contributed by atoms with Crippen LogP contribution < -0.4 is 15.2 Å². The molecule has 45 heavy (non-hydrogen) atoms. The van der Waals surface area contributed by atoms with E-state index in [1.807, 2.05) is 0 Å². The normalized spacial score (nSPS) is 15.0. The lowest BCUT2D eigenvalue weighted by Gasteiger charge is -2.45. The number of hydrogen-bond donors (Lipinski definition) is 1. The standard InChI is InChI=1S/C32H30ClN7O4S/c1-18-37-24-15-36-29(39-10-9-38(4)32(2,3)17-39)22(14-34)26(24)30(41)40(18)11-12-44-25-6-5-19(33)13-21(25)20-7-8-35-27-23(31(42)43)16-45-28(20)27/h5-8,13,15-16H,9-12,17H2,1-4H3,(H,42,43). The van der Waals surface area contributed by atoms with E-state index < -0.39 is 5.97 Å². The van der Waals surface area contributed by atoms with E-state index in [-0.39, 0.29) is 40.8 Å². The third-order valence-corrected chi connectivity index (χ3v) is 9.63. The molecule has 1 aliphatic rings. The molecule has 0 radical (unpaired) electrons. The number of halogens is 1. The molecule has 1 fully saturated rings. The zero-order valence-corrected chi connectivity index (χ0v) is 26.7. The van der Waals surface area contributed by atoms with Gasteiger partial charge in [0.05, 0.1) is 39.4 Å². The predicted octanol–water partition coefficient (Wildman–Crippen LogP) is 5.21. The Balaban J connectivity index is 1.32. The Morgan fingerprint density at radius 1 is 1.22 bits per heavy atom. The Labute approximate surface area is 267 Å². The smallest absolute Gasteiger partial charge is 0.338 e. The number of aryl methyl sites for hydroxylation is 1. The van der Waals surface area contributed by atoms with E-state index in [4.69, 9.17) is 16.3 Å². The van der Waals surface area contributed by atoms with E-state index >= 15 is 0 Å². The Morgan fingerprint density at radius 2 is 2.02 bits per heavy atom. The average molecular weight is 644 g/mol. The highest BCUT2D eigenvalue weighted by Gasteiger charge is 2.33. The number of aromatic carboxylic acids is 1. The maximum atomic E-state index is 13.9. The Hall–Kier alpha value is -4.57. The molecule has 1 aromatic carbocycles. The minimum atomic E-state index is -1.05. The fourth-order valence-corrected chi connectivity index (χ4v) is 6.92. The van der Waals surface area contributed by atoms with Gasteiger partial charge in [-0.05, 0) is 52.1 Å². The second kappa shape index (κ2) is 11.7. The highest BCUT2D eigenvalue weighted by molar-refractivity contribution is 7.18. The van der Waals surface area contributed by atoms with Crippen LogP contribution in [0.5, 0.6) is 5.75 Å². The summed E-state index contributed by atoms with van der Waals surface area (Å²) in [6, 6.07) is 9.24. The van der Waals surface area contributed by atoms with E-state index in [1.165, 1.54) is 15.9 Å². The summed E-state index contributed by atoms with van der Waals surface area (Å²) in [5.74, 6) is 0.430. The zero-order chi connectivity index (χ0) is 32.0. The number of ether oxygens (including phenoxy) is 1. The van der Waals surface area contributed by atoms with Crippen molar-refractivity contribution in [2.75, 3.05) is 38.2 Å². The van der Waals surface area contributed by atoms with Crippen LogP contribution in [0.2, 0.25) is 5.02 Å². The largest absolute Gasteiger partial charge is 0.491 e. The summed E-state index contributed by atoms with van der Waals surface area (Å²) in [7, 11) is 2.08. The molecular weight excluding hydrogens is 614 g/mol. The number of benzene rings is 1. The minimum Gasteiger partial charge on any atom is -0.491 e. The van der Waals surface area contributed by atoms with Gasteiger partial charge in [0, 0.05) is 52.9 Å². The fraction of sp³-hybridized carbons (Fsp3) is 0.312. The summed E-state index contributed by atoms with van der Waals surface area (Å²) in [5, 5.41) is 22.1. The van der Waals surface area contributed by atoms with Crippen LogP contribution in [0.15, 0.2) is 46.8 Å². The van der Waals surface area contributed by atoms with Gasteiger partial charge in [-0.15, -0.1) is 11.3 Å². The van der Waals surface area contributed by atoms with Crippen molar-refractivity contribution in [3.8, 4) is 22.9 Å². The van der Waals surface area contributed by atoms with E-state index in [0.29, 0.717) is 56.8 Å². The van der Waals surface area contributed by atoms with Crippen LogP contribution in [-0.4, -0.2) is 74.3 Å². The first-order chi connectivity index (χ1) is 21.5. The summed E-state index contributed by atoms with van der Waals surface area (Å²) >= 11 is 7.65. The van der Waals surface area contributed by atoms with Gasteiger partial charge in [-0.1, -0.05) is 11.6 Å². The molecule has 0 saturated carbocycles. The summed E-state index contributed by atoms with van der Waals surface area (Å²) in [5.41, 5.74) is 2.07. The molecule has 0 amide bonds. The topological polar surface area (TPSA) is 137 Å². The van der Waals surface area contributed by atoms with E-state index in [0.717, 1.165) is 12.1 Å². The molecule has 1 N–H and O–H groups in total. The van der Waals surface area contributed by atoms with Crippen molar-refractivity contribution in [2.45, 2.75) is 32.9 Å². The molecule has 13 heteroatoms. The van der Waals surface area contributed by atoms with Gasteiger partial charge in [-0.3, -0.25) is 19.2 Å². The highest BCUT2D eigenvalue weighted by atomic mass is 35.5. The number of carbonyl (C=O) groups is 1. The van der Waals surface area contributed by atoms with Crippen LogP contribution in [0, 0.1) is 18.3 Å². The summed E-state index contributed by atoms with van der Waals surface area (Å²) < 4.78 is 8.43. The lowest BCUT2D eigenvalue weighted by atomic mass is 9.99. The van der Waals surface area contributed by atoms with Gasteiger partial charge in [0.15, 0.2) is 0 Å². The molecule has 0 unspecified atom stereocenters. The zero-order valence-electron chi connectivity index (χ0n) is 25.2. The highest BCUT2D eigenvalue weighted by Crippen LogP contribution is 2.39. The van der Waals surface area contributed by atoms with Gasteiger partial charge in [0.1, 0.15) is 35.6 Å². The second-order valence-corrected chi connectivity index (χ2v) is 12.9. The van der Waals surface area contributed by atoms with Gasteiger partial charge in [-0.2, -0.15) is 5.26 Å². The molecule has 4 aromatic heterocycles. The lowest BCUT2D eigenvalue weighted by Crippen LogP contribution is -2.58. The first-order valence-corrected chi connectivity index (χ1v) is 15.5. The monoisotopic (exact) mass is 643 g/mol. The number of nitrogens with zero attached hydrogens (tertiary/aromatic N) is 7. The third kappa shape index (κ3) is 5.48. The number of nitriles is 1. The number of anilines is 1.